The number of rotatable bonds is 5. The maximum absolute atomic E-state index is 13.8. The van der Waals surface area contributed by atoms with Gasteiger partial charge in [-0.25, -0.2) is 4.39 Å². The van der Waals surface area contributed by atoms with E-state index in [1.807, 2.05) is 12.1 Å². The van der Waals surface area contributed by atoms with Gasteiger partial charge in [0, 0.05) is 24.7 Å². The summed E-state index contributed by atoms with van der Waals surface area (Å²) in [6.07, 6.45) is 7.87. The molecule has 1 aliphatic rings. The van der Waals surface area contributed by atoms with Crippen LogP contribution in [0.4, 0.5) is 4.39 Å². The maximum Gasteiger partial charge on any atom is 0.127 e. The standard InChI is InChI=1S/C17H27FN2/c1-20(13-15-10-6-7-11-16(15)18)17(12-19)14-8-4-2-3-5-9-14/h6-7,10-11,14,17H,2-5,8-9,12-13,19H2,1H3. The SMILES string of the molecule is CN(Cc1ccccc1F)C(CN)C1CCCCCC1. The van der Waals surface area contributed by atoms with E-state index in [0.717, 1.165) is 5.56 Å². The first kappa shape index (κ1) is 15.5. The fourth-order valence-corrected chi connectivity index (χ4v) is 3.44. The Bertz CT molecular complexity index is 400. The molecule has 1 atom stereocenters. The van der Waals surface area contributed by atoms with Crippen LogP contribution in [0.2, 0.25) is 0 Å². The summed E-state index contributed by atoms with van der Waals surface area (Å²) in [5.74, 6) is 0.551. The summed E-state index contributed by atoms with van der Waals surface area (Å²) in [4.78, 5) is 2.24. The molecule has 2 nitrogen and oxygen atoms in total. The molecular weight excluding hydrogens is 251 g/mol. The lowest BCUT2D eigenvalue weighted by molar-refractivity contribution is 0.158. The van der Waals surface area contributed by atoms with Crippen LogP contribution >= 0.6 is 0 Å². The Kier molecular flexibility index (Phi) is 5.99. The number of halogens is 1. The molecule has 1 saturated carbocycles. The number of benzene rings is 1. The molecule has 0 amide bonds. The highest BCUT2D eigenvalue weighted by atomic mass is 19.1. The van der Waals surface area contributed by atoms with E-state index < -0.39 is 0 Å². The van der Waals surface area contributed by atoms with Crippen LogP contribution in [0.25, 0.3) is 0 Å². The van der Waals surface area contributed by atoms with Gasteiger partial charge in [0.05, 0.1) is 0 Å². The Morgan fingerprint density at radius 2 is 1.85 bits per heavy atom. The topological polar surface area (TPSA) is 29.3 Å². The molecule has 1 aromatic rings. The second kappa shape index (κ2) is 7.75. The third kappa shape index (κ3) is 4.03. The normalized spacial score (nSPS) is 19.0. The Morgan fingerprint density at radius 1 is 1.20 bits per heavy atom. The van der Waals surface area contributed by atoms with Gasteiger partial charge in [-0.1, -0.05) is 43.9 Å². The van der Waals surface area contributed by atoms with Crippen LogP contribution in [0.15, 0.2) is 24.3 Å². The molecule has 1 aliphatic carbocycles. The molecular formula is C17H27FN2. The lowest BCUT2D eigenvalue weighted by Gasteiger charge is -2.33. The lowest BCUT2D eigenvalue weighted by atomic mass is 9.90. The summed E-state index contributed by atoms with van der Waals surface area (Å²) in [5.41, 5.74) is 6.78. The van der Waals surface area contributed by atoms with Gasteiger partial charge in [0.15, 0.2) is 0 Å². The van der Waals surface area contributed by atoms with Crippen LogP contribution in [0.3, 0.4) is 0 Å². The van der Waals surface area contributed by atoms with Crippen molar-refractivity contribution in [2.24, 2.45) is 11.7 Å². The molecule has 3 heteroatoms. The second-order valence-electron chi connectivity index (χ2n) is 6.06. The molecule has 2 N–H and O–H groups in total. The highest BCUT2D eigenvalue weighted by Crippen LogP contribution is 2.28. The molecule has 0 aromatic heterocycles. The fourth-order valence-electron chi connectivity index (χ4n) is 3.44. The van der Waals surface area contributed by atoms with Crippen molar-refractivity contribution in [2.45, 2.75) is 51.1 Å². The van der Waals surface area contributed by atoms with Crippen LogP contribution in [0.1, 0.15) is 44.1 Å². The molecule has 0 aliphatic heterocycles. The van der Waals surface area contributed by atoms with E-state index in [2.05, 4.69) is 11.9 Å². The molecule has 112 valence electrons. The number of likely N-dealkylation sites (N-methyl/N-ethyl adjacent to an activating group) is 1. The fraction of sp³-hybridized carbons (Fsp3) is 0.647. The summed E-state index contributed by atoms with van der Waals surface area (Å²) in [7, 11) is 2.08. The zero-order chi connectivity index (χ0) is 14.4. The third-order valence-electron chi connectivity index (χ3n) is 4.63. The number of hydrogen-bond donors (Lipinski definition) is 1. The smallest absolute Gasteiger partial charge is 0.127 e. The van der Waals surface area contributed by atoms with Gasteiger partial charge in [-0.15, -0.1) is 0 Å². The number of nitrogens with two attached hydrogens (primary N) is 1. The van der Waals surface area contributed by atoms with E-state index >= 15 is 0 Å². The van der Waals surface area contributed by atoms with Gasteiger partial charge in [-0.3, -0.25) is 4.90 Å². The summed E-state index contributed by atoms with van der Waals surface area (Å²) in [6, 6.07) is 7.41. The first-order valence-corrected chi connectivity index (χ1v) is 7.86. The molecule has 0 heterocycles. The Labute approximate surface area is 122 Å². The van der Waals surface area contributed by atoms with Gasteiger partial charge in [-0.2, -0.15) is 0 Å². The minimum atomic E-state index is -0.115. The summed E-state index contributed by atoms with van der Waals surface area (Å²) in [5, 5.41) is 0. The zero-order valence-electron chi connectivity index (χ0n) is 12.5. The monoisotopic (exact) mass is 278 g/mol. The molecule has 0 radical (unpaired) electrons. The molecule has 1 unspecified atom stereocenters. The molecule has 20 heavy (non-hydrogen) atoms. The molecule has 0 spiro atoms. The predicted molar refractivity (Wildman–Crippen MR) is 81.9 cm³/mol. The van der Waals surface area contributed by atoms with E-state index in [9.17, 15) is 4.39 Å². The van der Waals surface area contributed by atoms with E-state index in [4.69, 9.17) is 5.73 Å². The van der Waals surface area contributed by atoms with Crippen molar-refractivity contribution in [3.05, 3.63) is 35.6 Å². The third-order valence-corrected chi connectivity index (χ3v) is 4.63. The molecule has 0 bridgehead atoms. The van der Waals surface area contributed by atoms with E-state index in [1.54, 1.807) is 6.07 Å². The van der Waals surface area contributed by atoms with E-state index in [1.165, 1.54) is 44.6 Å². The van der Waals surface area contributed by atoms with Gasteiger partial charge in [0.1, 0.15) is 5.82 Å². The van der Waals surface area contributed by atoms with Crippen molar-refractivity contribution >= 4 is 0 Å². The largest absolute Gasteiger partial charge is 0.329 e. The van der Waals surface area contributed by atoms with Gasteiger partial charge in [-0.05, 0) is 31.9 Å². The zero-order valence-corrected chi connectivity index (χ0v) is 12.5. The average Bonchev–Trinajstić information content (AvgIpc) is 2.71. The van der Waals surface area contributed by atoms with Crippen molar-refractivity contribution in [3.8, 4) is 0 Å². The van der Waals surface area contributed by atoms with Gasteiger partial charge < -0.3 is 5.73 Å². The van der Waals surface area contributed by atoms with Crippen molar-refractivity contribution < 1.29 is 4.39 Å². The number of nitrogens with zero attached hydrogens (tertiary/aromatic N) is 1. The molecule has 1 fully saturated rings. The first-order chi connectivity index (χ1) is 9.72. The minimum absolute atomic E-state index is 0.115. The Balaban J connectivity index is 2.01. The van der Waals surface area contributed by atoms with E-state index in [-0.39, 0.29) is 5.82 Å². The van der Waals surface area contributed by atoms with Gasteiger partial charge >= 0.3 is 0 Å². The van der Waals surface area contributed by atoms with Crippen LogP contribution < -0.4 is 5.73 Å². The predicted octanol–water partition coefficient (Wildman–Crippen LogP) is 3.56. The van der Waals surface area contributed by atoms with Gasteiger partial charge in [0.25, 0.3) is 0 Å². The Morgan fingerprint density at radius 3 is 2.45 bits per heavy atom. The first-order valence-electron chi connectivity index (χ1n) is 7.86. The van der Waals surface area contributed by atoms with Gasteiger partial charge in [0.2, 0.25) is 0 Å². The molecule has 2 rings (SSSR count). The minimum Gasteiger partial charge on any atom is -0.329 e. The summed E-state index contributed by atoms with van der Waals surface area (Å²) >= 11 is 0. The van der Waals surface area contributed by atoms with Crippen molar-refractivity contribution in [3.63, 3.8) is 0 Å². The van der Waals surface area contributed by atoms with E-state index in [0.29, 0.717) is 25.0 Å². The van der Waals surface area contributed by atoms with Crippen LogP contribution in [-0.4, -0.2) is 24.5 Å². The quantitative estimate of drug-likeness (QED) is 0.835. The lowest BCUT2D eigenvalue weighted by Crippen LogP contribution is -2.43. The van der Waals surface area contributed by atoms with Crippen molar-refractivity contribution in [2.75, 3.05) is 13.6 Å². The summed E-state index contributed by atoms with van der Waals surface area (Å²) < 4.78 is 13.8. The van der Waals surface area contributed by atoms with Crippen molar-refractivity contribution in [1.82, 2.24) is 4.90 Å². The van der Waals surface area contributed by atoms with Crippen LogP contribution in [0.5, 0.6) is 0 Å². The summed E-state index contributed by atoms with van der Waals surface area (Å²) in [6.45, 7) is 1.31. The molecule has 1 aromatic carbocycles. The average molecular weight is 278 g/mol. The maximum atomic E-state index is 13.8. The Hall–Kier alpha value is -0.930. The highest BCUT2D eigenvalue weighted by molar-refractivity contribution is 5.17. The van der Waals surface area contributed by atoms with Crippen LogP contribution in [0, 0.1) is 11.7 Å². The molecule has 0 saturated heterocycles. The number of hydrogen-bond acceptors (Lipinski definition) is 2. The second-order valence-corrected chi connectivity index (χ2v) is 6.06. The highest BCUT2D eigenvalue weighted by Gasteiger charge is 2.25. The van der Waals surface area contributed by atoms with Crippen molar-refractivity contribution in [1.29, 1.82) is 0 Å². The van der Waals surface area contributed by atoms with Crippen LogP contribution in [-0.2, 0) is 6.54 Å².